The zero-order valence-electron chi connectivity index (χ0n) is 8.46. The van der Waals surface area contributed by atoms with Crippen molar-refractivity contribution in [3.05, 3.63) is 38.0 Å². The highest BCUT2D eigenvalue weighted by Gasteiger charge is 2.13. The molecule has 0 saturated heterocycles. The number of hydrogen-bond donors (Lipinski definition) is 0. The van der Waals surface area contributed by atoms with E-state index in [0.29, 0.717) is 0 Å². The van der Waals surface area contributed by atoms with Crippen molar-refractivity contribution in [2.75, 3.05) is 0 Å². The molecule has 1 aromatic carbocycles. The summed E-state index contributed by atoms with van der Waals surface area (Å²) >= 11 is 6.85. The van der Waals surface area contributed by atoms with Crippen LogP contribution in [0, 0.1) is 0 Å². The van der Waals surface area contributed by atoms with Crippen molar-refractivity contribution in [1.29, 1.82) is 0 Å². The van der Waals surface area contributed by atoms with E-state index in [4.69, 9.17) is 0 Å². The summed E-state index contributed by atoms with van der Waals surface area (Å²) in [5.74, 6) is 0.787. The average molecular weight is 564 g/mol. The first-order valence-electron chi connectivity index (χ1n) is 4.68. The fourth-order valence-electron chi connectivity index (χ4n) is 1.31. The summed E-state index contributed by atoms with van der Waals surface area (Å²) in [4.78, 5) is 0. The van der Waals surface area contributed by atoms with Crippen LogP contribution < -0.4 is 0 Å². The Morgan fingerprint density at radius 3 is 2.59 bits per heavy atom. The lowest BCUT2D eigenvalue weighted by molar-refractivity contribution is 0.669. The van der Waals surface area contributed by atoms with E-state index in [2.05, 4.69) is 89.4 Å². The molecule has 0 amide bonds. The molecule has 0 aliphatic heterocycles. The van der Waals surface area contributed by atoms with Crippen LogP contribution in [0.3, 0.4) is 0 Å². The van der Waals surface area contributed by atoms with Crippen LogP contribution in [0.15, 0.2) is 38.0 Å². The number of tetrazole rings is 1. The molecule has 0 aliphatic rings. The van der Waals surface area contributed by atoms with Gasteiger partial charge in [-0.1, -0.05) is 52.9 Å². The average Bonchev–Trinajstić information content (AvgIpc) is 2.78. The normalized spacial score (nSPS) is 12.2. The van der Waals surface area contributed by atoms with Crippen LogP contribution in [-0.2, 0) is 0 Å². The summed E-state index contributed by atoms with van der Waals surface area (Å²) in [6.45, 7) is 0. The predicted molar refractivity (Wildman–Crippen MR) is 92.4 cm³/mol. The number of benzene rings is 1. The van der Waals surface area contributed by atoms with E-state index in [1.165, 1.54) is 1.59 Å². The topological polar surface area (TPSA) is 43.6 Å². The molecule has 1 aromatic heterocycles. The Kier molecular flexibility index (Phi) is 5.14. The standard InChI is InChI=1S/C10H7I3N4/c11-8(12)6-9(13)17-10(14-15-16-17)7-4-2-1-3-5-7/h1-6,9H. The second kappa shape index (κ2) is 6.41. The third-order valence-corrected chi connectivity index (χ3v) is 3.63. The van der Waals surface area contributed by atoms with Gasteiger partial charge in [-0.25, -0.2) is 4.68 Å². The number of alkyl halides is 1. The first-order valence-corrected chi connectivity index (χ1v) is 8.09. The molecule has 0 fully saturated rings. The van der Waals surface area contributed by atoms with E-state index in [9.17, 15) is 0 Å². The number of allylic oxidation sites excluding steroid dienone is 1. The Balaban J connectivity index is 2.39. The second-order valence-corrected chi connectivity index (χ2v) is 8.81. The Hall–Kier alpha value is 0.220. The number of hydrogen-bond acceptors (Lipinski definition) is 3. The monoisotopic (exact) mass is 564 g/mol. The molecule has 7 heteroatoms. The van der Waals surface area contributed by atoms with Crippen molar-refractivity contribution in [1.82, 2.24) is 20.2 Å². The maximum atomic E-state index is 4.08. The molecule has 0 radical (unpaired) electrons. The van der Waals surface area contributed by atoms with Crippen LogP contribution >= 0.6 is 67.8 Å². The molecule has 1 heterocycles. The van der Waals surface area contributed by atoms with Crippen molar-refractivity contribution >= 4 is 67.8 Å². The van der Waals surface area contributed by atoms with Gasteiger partial charge in [-0.05, 0) is 61.7 Å². The second-order valence-electron chi connectivity index (χ2n) is 3.14. The van der Waals surface area contributed by atoms with Gasteiger partial charge in [-0.3, -0.25) is 0 Å². The first kappa shape index (κ1) is 13.6. The Bertz CT molecular complexity index is 519. The number of halogens is 3. The smallest absolute Gasteiger partial charge is 0.183 e. The maximum absolute atomic E-state index is 4.08. The zero-order valence-corrected chi connectivity index (χ0v) is 14.9. The van der Waals surface area contributed by atoms with E-state index in [0.717, 1.165) is 11.4 Å². The van der Waals surface area contributed by atoms with Crippen molar-refractivity contribution < 1.29 is 0 Å². The summed E-state index contributed by atoms with van der Waals surface area (Å²) in [5, 5.41) is 11.9. The fraction of sp³-hybridized carbons (Fsp3) is 0.100. The van der Waals surface area contributed by atoms with Crippen LogP contribution in [0.25, 0.3) is 11.4 Å². The lowest BCUT2D eigenvalue weighted by atomic mass is 10.2. The molecule has 17 heavy (non-hydrogen) atoms. The molecule has 0 bridgehead atoms. The molecule has 2 rings (SSSR count). The van der Waals surface area contributed by atoms with Crippen LogP contribution in [0.4, 0.5) is 0 Å². The highest BCUT2D eigenvalue weighted by atomic mass is 127. The van der Waals surface area contributed by atoms with Crippen molar-refractivity contribution in [3.8, 4) is 11.4 Å². The minimum absolute atomic E-state index is 0.113. The zero-order chi connectivity index (χ0) is 12.3. The van der Waals surface area contributed by atoms with Gasteiger partial charge in [0.15, 0.2) is 5.82 Å². The minimum atomic E-state index is 0.113. The SMILES string of the molecule is IC(I)=CC(I)n1nnnc1-c1ccccc1. The van der Waals surface area contributed by atoms with Crippen LogP contribution in [0.5, 0.6) is 0 Å². The molecule has 0 spiro atoms. The molecule has 0 N–H and O–H groups in total. The summed E-state index contributed by atoms with van der Waals surface area (Å²) in [6, 6.07) is 9.95. The van der Waals surface area contributed by atoms with Gasteiger partial charge >= 0.3 is 0 Å². The molecule has 0 saturated carbocycles. The number of aromatic nitrogens is 4. The number of nitrogens with zero attached hydrogens (tertiary/aromatic N) is 4. The first-order chi connectivity index (χ1) is 8.18. The summed E-state index contributed by atoms with van der Waals surface area (Å²) in [5.41, 5.74) is 1.02. The molecule has 4 nitrogen and oxygen atoms in total. The lowest BCUT2D eigenvalue weighted by Crippen LogP contribution is -2.04. The molecular formula is C10H7I3N4. The summed E-state index contributed by atoms with van der Waals surface area (Å²) in [6.07, 6.45) is 2.10. The van der Waals surface area contributed by atoms with E-state index in [1.54, 1.807) is 0 Å². The molecule has 2 aromatic rings. The fourth-order valence-corrected chi connectivity index (χ4v) is 4.10. The van der Waals surface area contributed by atoms with E-state index >= 15 is 0 Å². The minimum Gasteiger partial charge on any atom is -0.208 e. The number of rotatable bonds is 3. The quantitative estimate of drug-likeness (QED) is 0.419. The Morgan fingerprint density at radius 1 is 1.24 bits per heavy atom. The predicted octanol–water partition coefficient (Wildman–Crippen LogP) is 3.99. The van der Waals surface area contributed by atoms with Gasteiger partial charge in [-0.15, -0.1) is 5.10 Å². The van der Waals surface area contributed by atoms with Crippen molar-refractivity contribution in [3.63, 3.8) is 0 Å². The third-order valence-electron chi connectivity index (χ3n) is 2.02. The van der Waals surface area contributed by atoms with Gasteiger partial charge < -0.3 is 0 Å². The largest absolute Gasteiger partial charge is 0.208 e. The van der Waals surface area contributed by atoms with Gasteiger partial charge in [0, 0.05) is 5.56 Å². The van der Waals surface area contributed by atoms with Gasteiger partial charge in [-0.2, -0.15) is 0 Å². The van der Waals surface area contributed by atoms with E-state index in [1.807, 2.05) is 35.0 Å². The third kappa shape index (κ3) is 3.59. The maximum Gasteiger partial charge on any atom is 0.183 e. The van der Waals surface area contributed by atoms with Gasteiger partial charge in [0.2, 0.25) is 0 Å². The van der Waals surface area contributed by atoms with Crippen LogP contribution in [0.1, 0.15) is 4.05 Å². The molecule has 88 valence electrons. The lowest BCUT2D eigenvalue weighted by Gasteiger charge is -2.07. The van der Waals surface area contributed by atoms with Gasteiger partial charge in [0.05, 0.1) is 1.59 Å². The van der Waals surface area contributed by atoms with E-state index in [-0.39, 0.29) is 4.05 Å². The van der Waals surface area contributed by atoms with E-state index < -0.39 is 0 Å². The summed E-state index contributed by atoms with van der Waals surface area (Å²) in [7, 11) is 0. The molecule has 1 unspecified atom stereocenters. The molecule has 0 aliphatic carbocycles. The molecule has 1 atom stereocenters. The van der Waals surface area contributed by atoms with Gasteiger partial charge in [0.1, 0.15) is 4.05 Å². The highest BCUT2D eigenvalue weighted by Crippen LogP contribution is 2.28. The van der Waals surface area contributed by atoms with Crippen LogP contribution in [-0.4, -0.2) is 20.2 Å². The highest BCUT2D eigenvalue weighted by molar-refractivity contribution is 14.2. The van der Waals surface area contributed by atoms with Crippen molar-refractivity contribution in [2.45, 2.75) is 4.05 Å². The van der Waals surface area contributed by atoms with Gasteiger partial charge in [0.25, 0.3) is 0 Å². The molecular weight excluding hydrogens is 557 g/mol. The van der Waals surface area contributed by atoms with Crippen LogP contribution in [0.2, 0.25) is 0 Å². The summed E-state index contributed by atoms with van der Waals surface area (Å²) < 4.78 is 3.11. The Labute approximate surface area is 140 Å². The Morgan fingerprint density at radius 2 is 1.94 bits per heavy atom. The van der Waals surface area contributed by atoms with Crippen molar-refractivity contribution in [2.24, 2.45) is 0 Å².